The molecule has 2 aromatic carbocycles. The Morgan fingerprint density at radius 3 is 1.95 bits per heavy atom. The first kappa shape index (κ1) is 16.7. The topological polar surface area (TPSA) is 0 Å². The number of benzene rings is 2. The molecule has 0 aromatic heterocycles. The lowest BCUT2D eigenvalue weighted by Crippen LogP contribution is -1.91. The summed E-state index contributed by atoms with van der Waals surface area (Å²) >= 11 is 0. The van der Waals surface area contributed by atoms with Gasteiger partial charge in [-0.1, -0.05) is 48.6 Å². The van der Waals surface area contributed by atoms with Crippen molar-refractivity contribution < 1.29 is 0 Å². The predicted octanol–water partition coefficient (Wildman–Crippen LogP) is 5.82. The smallest absolute Gasteiger partial charge is 0.00763 e. The van der Waals surface area contributed by atoms with Crippen molar-refractivity contribution in [2.45, 2.75) is 6.42 Å². The molecule has 0 radical (unpaired) electrons. The fraction of sp³-hybridized carbons (Fsp3) is 0.0526. The number of allylic oxidation sites excluding steroid dienone is 1. The Balaban J connectivity index is 0.000000482. The van der Waals surface area contributed by atoms with Gasteiger partial charge in [0.05, 0.1) is 0 Å². The van der Waals surface area contributed by atoms with Gasteiger partial charge in [-0.3, -0.25) is 0 Å². The zero-order valence-corrected chi connectivity index (χ0v) is 11.6. The van der Waals surface area contributed by atoms with Gasteiger partial charge >= 0.3 is 0 Å². The fourth-order valence-electron chi connectivity index (χ4n) is 2.07. The van der Waals surface area contributed by atoms with Crippen LogP contribution in [0.5, 0.6) is 0 Å². The van der Waals surface area contributed by atoms with Gasteiger partial charge in [-0.15, -0.1) is 39.5 Å². The summed E-state index contributed by atoms with van der Waals surface area (Å²) in [7, 11) is 0. The first-order chi connectivity index (χ1) is 9.45. The van der Waals surface area contributed by atoms with E-state index in [4.69, 9.17) is 0 Å². The summed E-state index contributed by atoms with van der Waals surface area (Å²) in [6, 6.07) is 13.0. The maximum absolute atomic E-state index is 3.00. The maximum Gasteiger partial charge on any atom is -0.00763 e. The maximum atomic E-state index is 3.00. The second-order valence-electron chi connectivity index (χ2n) is 3.47. The highest BCUT2D eigenvalue weighted by Gasteiger charge is 2.06. The summed E-state index contributed by atoms with van der Waals surface area (Å²) in [4.78, 5) is 0. The van der Waals surface area contributed by atoms with Gasteiger partial charge in [0.25, 0.3) is 0 Å². The van der Waals surface area contributed by atoms with Crippen molar-refractivity contribution in [1.82, 2.24) is 0 Å². The summed E-state index contributed by atoms with van der Waals surface area (Å²) < 4.78 is 0. The number of rotatable bonds is 0. The molecule has 0 spiro atoms. The lowest BCUT2D eigenvalue weighted by atomic mass is 9.93. The van der Waals surface area contributed by atoms with Gasteiger partial charge in [0, 0.05) is 0 Å². The Hall–Kier alpha value is -2.34. The van der Waals surface area contributed by atoms with E-state index in [2.05, 4.69) is 88.0 Å². The Morgan fingerprint density at radius 2 is 1.32 bits per heavy atom. The monoisotopic (exact) mass is 250 g/mol. The molecule has 0 saturated heterocycles. The van der Waals surface area contributed by atoms with Crippen molar-refractivity contribution in [1.29, 1.82) is 0 Å². The van der Waals surface area contributed by atoms with E-state index in [9.17, 15) is 0 Å². The second kappa shape index (κ2) is 9.67. The van der Waals surface area contributed by atoms with Crippen molar-refractivity contribution in [2.75, 3.05) is 0 Å². The fourth-order valence-corrected chi connectivity index (χ4v) is 2.07. The van der Waals surface area contributed by atoms with Crippen LogP contribution in [0.15, 0.2) is 81.9 Å². The molecule has 1 aliphatic rings. The number of hydrogen-bond acceptors (Lipinski definition) is 0. The van der Waals surface area contributed by atoms with Crippen LogP contribution in [0, 0.1) is 0 Å². The molecule has 19 heavy (non-hydrogen) atoms. The molecule has 98 valence electrons. The first-order valence-corrected chi connectivity index (χ1v) is 6.12. The van der Waals surface area contributed by atoms with E-state index >= 15 is 0 Å². The van der Waals surface area contributed by atoms with E-state index in [0.717, 1.165) is 6.42 Å². The van der Waals surface area contributed by atoms with Gasteiger partial charge in [0.1, 0.15) is 0 Å². The van der Waals surface area contributed by atoms with E-state index in [0.29, 0.717) is 0 Å². The summed E-state index contributed by atoms with van der Waals surface area (Å²) in [5.74, 6) is 0. The van der Waals surface area contributed by atoms with Crippen LogP contribution in [0.1, 0.15) is 11.1 Å². The van der Waals surface area contributed by atoms with Crippen LogP contribution < -0.4 is 0 Å². The minimum absolute atomic E-state index is 1.08. The Bertz CT molecular complexity index is 525. The summed E-state index contributed by atoms with van der Waals surface area (Å²) in [5.41, 5.74) is 2.81. The lowest BCUT2D eigenvalue weighted by molar-refractivity contribution is 1.29. The molecular formula is C19H22. The van der Waals surface area contributed by atoms with E-state index < -0.39 is 0 Å². The summed E-state index contributed by atoms with van der Waals surface area (Å²) in [6.45, 7) is 18.0. The molecule has 2 aromatic rings. The van der Waals surface area contributed by atoms with Crippen molar-refractivity contribution in [3.63, 3.8) is 0 Å². The van der Waals surface area contributed by atoms with Crippen LogP contribution in [-0.2, 0) is 6.42 Å². The lowest BCUT2D eigenvalue weighted by Gasteiger charge is -2.11. The van der Waals surface area contributed by atoms with Crippen LogP contribution in [0.2, 0.25) is 0 Å². The highest BCUT2D eigenvalue weighted by atomic mass is 14.1. The van der Waals surface area contributed by atoms with E-state index in [-0.39, 0.29) is 0 Å². The molecule has 0 N–H and O–H groups in total. The van der Waals surface area contributed by atoms with Gasteiger partial charge in [0.2, 0.25) is 0 Å². The standard InChI is InChI=1S/C13H10.3C2H4/c1-4-10-6-2-8-12-9-3-7-11(5-1)13(10)12;3*1-2/h1-8H,9H2;3*1-2H2. The third-order valence-electron chi connectivity index (χ3n) is 2.66. The van der Waals surface area contributed by atoms with Gasteiger partial charge in [-0.05, 0) is 28.3 Å². The Labute approximate surface area is 117 Å². The van der Waals surface area contributed by atoms with Crippen LogP contribution in [0.4, 0.5) is 0 Å². The van der Waals surface area contributed by atoms with Gasteiger partial charge in [0.15, 0.2) is 0 Å². The largest absolute Gasteiger partial charge is 0.106 e. The summed E-state index contributed by atoms with van der Waals surface area (Å²) in [6.07, 6.45) is 5.53. The van der Waals surface area contributed by atoms with Crippen LogP contribution in [0.3, 0.4) is 0 Å². The minimum Gasteiger partial charge on any atom is -0.106 e. The molecule has 3 rings (SSSR count). The van der Waals surface area contributed by atoms with Gasteiger partial charge in [-0.25, -0.2) is 0 Å². The SMILES string of the molecule is C1=Cc2cccc3cccc(c23)C1.C=C.C=C.C=C. The zero-order valence-electron chi connectivity index (χ0n) is 11.6. The van der Waals surface area contributed by atoms with Crippen molar-refractivity contribution in [2.24, 2.45) is 0 Å². The summed E-state index contributed by atoms with van der Waals surface area (Å²) in [5, 5.41) is 2.80. The van der Waals surface area contributed by atoms with Crippen LogP contribution >= 0.6 is 0 Å². The molecule has 0 bridgehead atoms. The zero-order chi connectivity index (χ0) is 14.7. The molecule has 0 nitrogen and oxygen atoms in total. The van der Waals surface area contributed by atoms with Crippen LogP contribution in [-0.4, -0.2) is 0 Å². The first-order valence-electron chi connectivity index (χ1n) is 6.12. The average molecular weight is 250 g/mol. The van der Waals surface area contributed by atoms with E-state index in [1.165, 1.54) is 21.9 Å². The van der Waals surface area contributed by atoms with E-state index in [1.54, 1.807) is 0 Å². The molecule has 0 heteroatoms. The highest BCUT2D eigenvalue weighted by Crippen LogP contribution is 2.27. The highest BCUT2D eigenvalue weighted by molar-refractivity contribution is 5.94. The van der Waals surface area contributed by atoms with Crippen molar-refractivity contribution in [3.8, 4) is 0 Å². The predicted molar refractivity (Wildman–Crippen MR) is 90.4 cm³/mol. The number of hydrogen-bond donors (Lipinski definition) is 0. The molecule has 0 fully saturated rings. The minimum atomic E-state index is 1.08. The molecular weight excluding hydrogens is 228 g/mol. The normalized spacial score (nSPS) is 9.89. The van der Waals surface area contributed by atoms with Crippen molar-refractivity contribution in [3.05, 3.63) is 93.1 Å². The molecule has 0 unspecified atom stereocenters. The quantitative estimate of drug-likeness (QED) is 0.517. The molecule has 0 atom stereocenters. The Kier molecular flexibility index (Phi) is 8.48. The molecule has 1 aliphatic carbocycles. The molecule has 0 amide bonds. The molecule has 0 saturated carbocycles. The molecule has 0 aliphatic heterocycles. The Morgan fingerprint density at radius 1 is 0.737 bits per heavy atom. The van der Waals surface area contributed by atoms with Crippen molar-refractivity contribution >= 4 is 16.8 Å². The van der Waals surface area contributed by atoms with E-state index in [1.807, 2.05) is 0 Å². The molecule has 0 heterocycles. The average Bonchev–Trinajstić information content (AvgIpc) is 2.54. The van der Waals surface area contributed by atoms with Gasteiger partial charge < -0.3 is 0 Å². The van der Waals surface area contributed by atoms with Crippen LogP contribution in [0.25, 0.3) is 16.8 Å². The van der Waals surface area contributed by atoms with Gasteiger partial charge in [-0.2, -0.15) is 0 Å². The third-order valence-corrected chi connectivity index (χ3v) is 2.66. The second-order valence-corrected chi connectivity index (χ2v) is 3.47. The third kappa shape index (κ3) is 3.82.